The SMILES string of the molecule is Cc1ccccc1-c1cc(N)n(C)c1. The van der Waals surface area contributed by atoms with E-state index in [9.17, 15) is 0 Å². The van der Waals surface area contributed by atoms with Crippen molar-refractivity contribution in [2.45, 2.75) is 6.92 Å². The second-order valence-corrected chi connectivity index (χ2v) is 3.58. The van der Waals surface area contributed by atoms with E-state index in [2.05, 4.69) is 25.3 Å². The maximum absolute atomic E-state index is 5.79. The van der Waals surface area contributed by atoms with Gasteiger partial charge >= 0.3 is 0 Å². The number of hydrogen-bond donors (Lipinski definition) is 1. The highest BCUT2D eigenvalue weighted by Crippen LogP contribution is 2.25. The molecule has 2 aromatic rings. The summed E-state index contributed by atoms with van der Waals surface area (Å²) >= 11 is 0. The van der Waals surface area contributed by atoms with E-state index in [0.29, 0.717) is 0 Å². The summed E-state index contributed by atoms with van der Waals surface area (Å²) < 4.78 is 1.93. The molecule has 0 amide bonds. The van der Waals surface area contributed by atoms with Crippen molar-refractivity contribution in [1.29, 1.82) is 0 Å². The molecule has 0 fully saturated rings. The van der Waals surface area contributed by atoms with Gasteiger partial charge in [-0.2, -0.15) is 0 Å². The highest BCUT2D eigenvalue weighted by molar-refractivity contribution is 5.69. The summed E-state index contributed by atoms with van der Waals surface area (Å²) in [6, 6.07) is 10.3. The van der Waals surface area contributed by atoms with E-state index in [1.807, 2.05) is 29.8 Å². The predicted molar refractivity (Wildman–Crippen MR) is 60.0 cm³/mol. The van der Waals surface area contributed by atoms with Crippen LogP contribution in [0.1, 0.15) is 5.56 Å². The number of anilines is 1. The summed E-state index contributed by atoms with van der Waals surface area (Å²) in [5.41, 5.74) is 9.50. The summed E-state index contributed by atoms with van der Waals surface area (Å²) in [5, 5.41) is 0. The predicted octanol–water partition coefficient (Wildman–Crippen LogP) is 2.58. The monoisotopic (exact) mass is 186 g/mol. The second kappa shape index (κ2) is 3.22. The van der Waals surface area contributed by atoms with Crippen LogP contribution in [-0.2, 0) is 7.05 Å². The molecule has 2 heteroatoms. The van der Waals surface area contributed by atoms with Gasteiger partial charge in [-0.15, -0.1) is 0 Å². The third kappa shape index (κ3) is 1.39. The van der Waals surface area contributed by atoms with E-state index in [-0.39, 0.29) is 0 Å². The zero-order valence-corrected chi connectivity index (χ0v) is 8.49. The van der Waals surface area contributed by atoms with Gasteiger partial charge < -0.3 is 10.3 Å². The van der Waals surface area contributed by atoms with Crippen molar-refractivity contribution in [3.8, 4) is 11.1 Å². The van der Waals surface area contributed by atoms with E-state index in [0.717, 1.165) is 5.82 Å². The van der Waals surface area contributed by atoms with Crippen LogP contribution in [0.25, 0.3) is 11.1 Å². The maximum atomic E-state index is 5.79. The molecule has 72 valence electrons. The van der Waals surface area contributed by atoms with E-state index in [4.69, 9.17) is 5.73 Å². The number of rotatable bonds is 1. The topological polar surface area (TPSA) is 30.9 Å². The molecule has 0 saturated heterocycles. The largest absolute Gasteiger partial charge is 0.385 e. The van der Waals surface area contributed by atoms with Crippen LogP contribution in [0.2, 0.25) is 0 Å². The van der Waals surface area contributed by atoms with Crippen molar-refractivity contribution in [3.63, 3.8) is 0 Å². The molecule has 14 heavy (non-hydrogen) atoms. The number of nitrogens with zero attached hydrogens (tertiary/aromatic N) is 1. The summed E-state index contributed by atoms with van der Waals surface area (Å²) in [6.45, 7) is 2.11. The molecule has 0 spiro atoms. The Morgan fingerprint density at radius 1 is 1.21 bits per heavy atom. The van der Waals surface area contributed by atoms with Crippen LogP contribution in [0.4, 0.5) is 5.82 Å². The quantitative estimate of drug-likeness (QED) is 0.729. The molecule has 2 nitrogen and oxygen atoms in total. The first kappa shape index (κ1) is 8.88. The van der Waals surface area contributed by atoms with Crippen molar-refractivity contribution in [2.24, 2.45) is 7.05 Å². The van der Waals surface area contributed by atoms with Gasteiger partial charge in [-0.05, 0) is 24.1 Å². The molecule has 1 aromatic carbocycles. The zero-order chi connectivity index (χ0) is 10.1. The van der Waals surface area contributed by atoms with E-state index < -0.39 is 0 Å². The van der Waals surface area contributed by atoms with Crippen molar-refractivity contribution in [1.82, 2.24) is 4.57 Å². The molecule has 0 saturated carbocycles. The van der Waals surface area contributed by atoms with Crippen LogP contribution in [0, 0.1) is 6.92 Å². The lowest BCUT2D eigenvalue weighted by Gasteiger charge is -2.01. The number of hydrogen-bond acceptors (Lipinski definition) is 1. The summed E-state index contributed by atoms with van der Waals surface area (Å²) in [4.78, 5) is 0. The molecular weight excluding hydrogens is 172 g/mol. The molecule has 0 aliphatic carbocycles. The Balaban J connectivity index is 2.55. The molecule has 0 aliphatic heterocycles. The summed E-state index contributed by atoms with van der Waals surface area (Å²) in [5.74, 6) is 0.795. The molecule has 1 heterocycles. The van der Waals surface area contributed by atoms with Crippen molar-refractivity contribution in [2.75, 3.05) is 5.73 Å². The van der Waals surface area contributed by atoms with Crippen LogP contribution in [-0.4, -0.2) is 4.57 Å². The molecule has 0 unspecified atom stereocenters. The van der Waals surface area contributed by atoms with Gasteiger partial charge in [0.05, 0.1) is 0 Å². The molecular formula is C12H14N2. The Hall–Kier alpha value is -1.70. The Kier molecular flexibility index (Phi) is 2.04. The fourth-order valence-corrected chi connectivity index (χ4v) is 1.63. The van der Waals surface area contributed by atoms with Crippen LogP contribution in [0.3, 0.4) is 0 Å². The van der Waals surface area contributed by atoms with E-state index in [1.54, 1.807) is 0 Å². The molecule has 0 radical (unpaired) electrons. The average Bonchev–Trinajstić information content (AvgIpc) is 2.48. The third-order valence-corrected chi connectivity index (χ3v) is 2.50. The minimum atomic E-state index is 0.795. The Bertz CT molecular complexity index is 436. The number of benzene rings is 1. The Morgan fingerprint density at radius 2 is 1.93 bits per heavy atom. The van der Waals surface area contributed by atoms with Crippen LogP contribution in [0.15, 0.2) is 36.5 Å². The van der Waals surface area contributed by atoms with Gasteiger partial charge in [0, 0.05) is 18.8 Å². The van der Waals surface area contributed by atoms with E-state index in [1.165, 1.54) is 16.7 Å². The molecule has 0 aliphatic rings. The van der Waals surface area contributed by atoms with Crippen molar-refractivity contribution >= 4 is 5.82 Å². The number of nitrogen functional groups attached to an aromatic ring is 1. The minimum absolute atomic E-state index is 0.795. The van der Waals surface area contributed by atoms with Crippen LogP contribution < -0.4 is 5.73 Å². The normalized spacial score (nSPS) is 10.4. The zero-order valence-electron chi connectivity index (χ0n) is 8.49. The molecule has 0 bridgehead atoms. The molecule has 1 aromatic heterocycles. The van der Waals surface area contributed by atoms with E-state index >= 15 is 0 Å². The van der Waals surface area contributed by atoms with Gasteiger partial charge in [-0.25, -0.2) is 0 Å². The van der Waals surface area contributed by atoms with Gasteiger partial charge in [-0.1, -0.05) is 24.3 Å². The molecule has 0 atom stereocenters. The van der Waals surface area contributed by atoms with Crippen molar-refractivity contribution in [3.05, 3.63) is 42.1 Å². The van der Waals surface area contributed by atoms with Gasteiger partial charge in [0.15, 0.2) is 0 Å². The van der Waals surface area contributed by atoms with Gasteiger partial charge in [0.25, 0.3) is 0 Å². The first-order valence-corrected chi connectivity index (χ1v) is 4.66. The fourth-order valence-electron chi connectivity index (χ4n) is 1.63. The van der Waals surface area contributed by atoms with Gasteiger partial charge in [0.2, 0.25) is 0 Å². The van der Waals surface area contributed by atoms with Crippen LogP contribution >= 0.6 is 0 Å². The maximum Gasteiger partial charge on any atom is 0.103 e. The lowest BCUT2D eigenvalue weighted by atomic mass is 10.0. The summed E-state index contributed by atoms with van der Waals surface area (Å²) in [6.07, 6.45) is 2.05. The minimum Gasteiger partial charge on any atom is -0.385 e. The fraction of sp³-hybridized carbons (Fsp3) is 0.167. The van der Waals surface area contributed by atoms with Gasteiger partial charge in [-0.3, -0.25) is 0 Å². The molecule has 2 rings (SSSR count). The lowest BCUT2D eigenvalue weighted by Crippen LogP contribution is -1.92. The highest BCUT2D eigenvalue weighted by Gasteiger charge is 2.04. The first-order valence-electron chi connectivity index (χ1n) is 4.66. The highest BCUT2D eigenvalue weighted by atomic mass is 15.0. The number of aromatic nitrogens is 1. The standard InChI is InChI=1S/C12H14N2/c1-9-5-3-4-6-11(9)10-7-12(13)14(2)8-10/h3-8H,13H2,1-2H3. The molecule has 2 N–H and O–H groups in total. The smallest absolute Gasteiger partial charge is 0.103 e. The number of nitrogens with two attached hydrogens (primary N) is 1. The first-order chi connectivity index (χ1) is 6.68. The lowest BCUT2D eigenvalue weighted by molar-refractivity contribution is 0.942. The third-order valence-electron chi connectivity index (χ3n) is 2.50. The second-order valence-electron chi connectivity index (χ2n) is 3.58. The van der Waals surface area contributed by atoms with Crippen LogP contribution in [0.5, 0.6) is 0 Å². The van der Waals surface area contributed by atoms with Gasteiger partial charge in [0.1, 0.15) is 5.82 Å². The number of aryl methyl sites for hydroxylation is 2. The summed E-state index contributed by atoms with van der Waals surface area (Å²) in [7, 11) is 1.96. The average molecular weight is 186 g/mol. The Morgan fingerprint density at radius 3 is 2.50 bits per heavy atom. The van der Waals surface area contributed by atoms with Crippen molar-refractivity contribution < 1.29 is 0 Å². The Labute approximate surface area is 84.0 Å².